The lowest BCUT2D eigenvalue weighted by Gasteiger charge is -2.31. The summed E-state index contributed by atoms with van der Waals surface area (Å²) < 4.78 is 2.24. The summed E-state index contributed by atoms with van der Waals surface area (Å²) in [6.07, 6.45) is 3.96. The van der Waals surface area contributed by atoms with Gasteiger partial charge in [-0.25, -0.2) is 4.98 Å². The van der Waals surface area contributed by atoms with Crippen molar-refractivity contribution in [1.29, 1.82) is 0 Å². The Bertz CT molecular complexity index is 615. The smallest absolute Gasteiger partial charge is 0.128 e. The number of hydrogen-bond acceptors (Lipinski definition) is 3. The van der Waals surface area contributed by atoms with Crippen molar-refractivity contribution in [2.45, 2.75) is 46.4 Å². The highest BCUT2D eigenvalue weighted by atomic mass is 15.2. The van der Waals surface area contributed by atoms with Crippen LogP contribution in [0.2, 0.25) is 0 Å². The number of aryl methyl sites for hydroxylation is 1. The molecule has 1 aromatic heterocycles. The Morgan fingerprint density at radius 1 is 1.29 bits per heavy atom. The van der Waals surface area contributed by atoms with Gasteiger partial charge in [0.1, 0.15) is 5.82 Å². The van der Waals surface area contributed by atoms with Crippen LogP contribution in [0.1, 0.15) is 30.8 Å². The fourth-order valence-corrected chi connectivity index (χ4v) is 2.88. The number of hydrogen-bond donors (Lipinski definition) is 1. The van der Waals surface area contributed by atoms with Crippen molar-refractivity contribution in [1.82, 2.24) is 14.9 Å². The number of aromatic nitrogens is 2. The summed E-state index contributed by atoms with van der Waals surface area (Å²) in [5.41, 5.74) is 4.03. The van der Waals surface area contributed by atoms with Gasteiger partial charge < -0.3 is 14.8 Å². The van der Waals surface area contributed by atoms with Gasteiger partial charge in [-0.3, -0.25) is 0 Å². The molecule has 4 nitrogen and oxygen atoms in total. The molecule has 1 N–H and O–H groups in total. The van der Waals surface area contributed by atoms with Gasteiger partial charge in [0.15, 0.2) is 0 Å². The van der Waals surface area contributed by atoms with Gasteiger partial charge >= 0.3 is 0 Å². The van der Waals surface area contributed by atoms with E-state index in [1.807, 2.05) is 6.20 Å². The second-order valence-corrected chi connectivity index (χ2v) is 6.11. The van der Waals surface area contributed by atoms with E-state index in [0.717, 1.165) is 32.0 Å². The maximum atomic E-state index is 4.44. The Hall–Kier alpha value is -1.81. The fraction of sp³-hybridized carbons (Fsp3) is 0.471. The topological polar surface area (TPSA) is 33.1 Å². The number of benzene rings is 1. The predicted molar refractivity (Wildman–Crippen MR) is 86.4 cm³/mol. The molecule has 0 radical (unpaired) electrons. The number of rotatable bonds is 4. The van der Waals surface area contributed by atoms with Crippen molar-refractivity contribution < 1.29 is 0 Å². The minimum absolute atomic E-state index is 0.519. The van der Waals surface area contributed by atoms with Crippen molar-refractivity contribution in [3.05, 3.63) is 47.5 Å². The molecule has 4 heteroatoms. The first-order chi connectivity index (χ1) is 10.1. The van der Waals surface area contributed by atoms with Gasteiger partial charge in [-0.1, -0.05) is 26.0 Å². The van der Waals surface area contributed by atoms with Gasteiger partial charge in [0.05, 0.1) is 6.54 Å². The second kappa shape index (κ2) is 5.90. The molecule has 0 amide bonds. The Morgan fingerprint density at radius 3 is 2.90 bits per heavy atom. The van der Waals surface area contributed by atoms with Crippen LogP contribution < -0.4 is 10.2 Å². The van der Waals surface area contributed by atoms with Gasteiger partial charge in [0.2, 0.25) is 0 Å². The molecule has 0 spiro atoms. The minimum Gasteiger partial charge on any atom is -0.362 e. The predicted octanol–water partition coefficient (Wildman–Crippen LogP) is 2.71. The molecule has 0 atom stereocenters. The average molecular weight is 284 g/mol. The zero-order chi connectivity index (χ0) is 14.8. The Kier molecular flexibility index (Phi) is 3.97. The Morgan fingerprint density at radius 2 is 2.14 bits per heavy atom. The van der Waals surface area contributed by atoms with Gasteiger partial charge in [0, 0.05) is 43.8 Å². The van der Waals surface area contributed by atoms with Crippen molar-refractivity contribution in [3.63, 3.8) is 0 Å². The summed E-state index contributed by atoms with van der Waals surface area (Å²) in [4.78, 5) is 6.87. The molecule has 1 aromatic carbocycles. The van der Waals surface area contributed by atoms with E-state index < -0.39 is 0 Å². The molecule has 21 heavy (non-hydrogen) atoms. The zero-order valence-corrected chi connectivity index (χ0v) is 13.1. The van der Waals surface area contributed by atoms with Crippen LogP contribution in [0.25, 0.3) is 0 Å². The molecule has 1 aliphatic heterocycles. The van der Waals surface area contributed by atoms with Crippen LogP contribution in [0.5, 0.6) is 0 Å². The third-order valence-electron chi connectivity index (χ3n) is 4.06. The average Bonchev–Trinajstić information content (AvgIpc) is 2.92. The summed E-state index contributed by atoms with van der Waals surface area (Å²) >= 11 is 0. The Balaban J connectivity index is 1.74. The third kappa shape index (κ3) is 3.10. The van der Waals surface area contributed by atoms with Crippen LogP contribution in [0.4, 0.5) is 5.69 Å². The van der Waals surface area contributed by atoms with Crippen LogP contribution in [-0.2, 0) is 19.6 Å². The normalized spacial score (nSPS) is 14.6. The maximum Gasteiger partial charge on any atom is 0.128 e. The first kappa shape index (κ1) is 14.1. The fourth-order valence-electron chi connectivity index (χ4n) is 2.88. The van der Waals surface area contributed by atoms with Gasteiger partial charge in [0.25, 0.3) is 0 Å². The summed E-state index contributed by atoms with van der Waals surface area (Å²) in [7, 11) is 0. The quantitative estimate of drug-likeness (QED) is 0.937. The number of anilines is 1. The van der Waals surface area contributed by atoms with Crippen LogP contribution in [0, 0.1) is 6.92 Å². The van der Waals surface area contributed by atoms with Gasteiger partial charge in [-0.2, -0.15) is 0 Å². The molecular weight excluding hydrogens is 260 g/mol. The van der Waals surface area contributed by atoms with Crippen molar-refractivity contribution in [2.24, 2.45) is 0 Å². The largest absolute Gasteiger partial charge is 0.362 e. The zero-order valence-electron chi connectivity index (χ0n) is 13.1. The summed E-state index contributed by atoms with van der Waals surface area (Å²) in [5, 5.41) is 3.47. The standard InChI is InChI=1S/C17H24N4/c1-13(2)19-11-15-4-5-16(14(3)10-15)21-9-8-20-7-6-18-17(20)12-21/h4-7,10,13,19H,8-9,11-12H2,1-3H3. The lowest BCUT2D eigenvalue weighted by atomic mass is 10.1. The van der Waals surface area contributed by atoms with E-state index in [-0.39, 0.29) is 0 Å². The molecule has 0 unspecified atom stereocenters. The van der Waals surface area contributed by atoms with Crippen LogP contribution in [-0.4, -0.2) is 22.1 Å². The number of imidazole rings is 1. The SMILES string of the molecule is Cc1cc(CNC(C)C)ccc1N1CCn2ccnc2C1. The van der Waals surface area contributed by atoms with E-state index >= 15 is 0 Å². The number of nitrogens with one attached hydrogen (secondary N) is 1. The summed E-state index contributed by atoms with van der Waals surface area (Å²) in [6.45, 7) is 10.5. The molecule has 3 rings (SSSR count). The summed E-state index contributed by atoms with van der Waals surface area (Å²) in [5.74, 6) is 1.16. The highest BCUT2D eigenvalue weighted by Gasteiger charge is 2.18. The van der Waals surface area contributed by atoms with Crippen LogP contribution in [0.15, 0.2) is 30.6 Å². The molecule has 0 aliphatic carbocycles. The van der Waals surface area contributed by atoms with Crippen molar-refractivity contribution >= 4 is 5.69 Å². The van der Waals surface area contributed by atoms with E-state index in [4.69, 9.17) is 0 Å². The first-order valence-corrected chi connectivity index (χ1v) is 7.71. The first-order valence-electron chi connectivity index (χ1n) is 7.71. The van der Waals surface area contributed by atoms with E-state index in [1.54, 1.807) is 0 Å². The molecule has 0 bridgehead atoms. The molecule has 2 aromatic rings. The Labute approximate surface area is 126 Å². The maximum absolute atomic E-state index is 4.44. The van der Waals surface area contributed by atoms with E-state index in [0.29, 0.717) is 6.04 Å². The molecule has 0 saturated heterocycles. The lowest BCUT2D eigenvalue weighted by Crippen LogP contribution is -2.34. The van der Waals surface area contributed by atoms with Crippen molar-refractivity contribution in [3.8, 4) is 0 Å². The molecule has 112 valence electrons. The monoisotopic (exact) mass is 284 g/mol. The highest BCUT2D eigenvalue weighted by molar-refractivity contribution is 5.54. The van der Waals surface area contributed by atoms with Crippen LogP contribution in [0.3, 0.4) is 0 Å². The van der Waals surface area contributed by atoms with Crippen LogP contribution >= 0.6 is 0 Å². The highest BCUT2D eigenvalue weighted by Crippen LogP contribution is 2.25. The third-order valence-corrected chi connectivity index (χ3v) is 4.06. The van der Waals surface area contributed by atoms with Crippen molar-refractivity contribution in [2.75, 3.05) is 11.4 Å². The lowest BCUT2D eigenvalue weighted by molar-refractivity contribution is 0.559. The number of fused-ring (bicyclic) bond motifs is 1. The molecular formula is C17H24N4. The molecule has 1 aliphatic rings. The second-order valence-electron chi connectivity index (χ2n) is 6.11. The molecule has 0 saturated carbocycles. The minimum atomic E-state index is 0.519. The molecule has 0 fully saturated rings. The molecule has 2 heterocycles. The number of nitrogens with zero attached hydrogens (tertiary/aromatic N) is 3. The van der Waals surface area contributed by atoms with E-state index in [2.05, 4.69) is 64.9 Å². The summed E-state index contributed by atoms with van der Waals surface area (Å²) in [6, 6.07) is 7.31. The van der Waals surface area contributed by atoms with E-state index in [9.17, 15) is 0 Å². The van der Waals surface area contributed by atoms with Gasteiger partial charge in [-0.05, 0) is 24.1 Å². The van der Waals surface area contributed by atoms with Gasteiger partial charge in [-0.15, -0.1) is 0 Å². The van der Waals surface area contributed by atoms with E-state index in [1.165, 1.54) is 16.8 Å².